The van der Waals surface area contributed by atoms with E-state index in [4.69, 9.17) is 0 Å². The number of hydrogen-bond donors (Lipinski definition) is 2. The average Bonchev–Trinajstić information content (AvgIpc) is 3.12. The van der Waals surface area contributed by atoms with Gasteiger partial charge in [0, 0.05) is 0 Å². The molecule has 6 nitrogen and oxygen atoms in total. The van der Waals surface area contributed by atoms with E-state index in [0.29, 0.717) is 25.7 Å². The van der Waals surface area contributed by atoms with Gasteiger partial charge >= 0.3 is 0 Å². The Morgan fingerprint density at radius 2 is 2.12 bits per heavy atom. The highest BCUT2D eigenvalue weighted by Gasteiger charge is 2.60. The van der Waals surface area contributed by atoms with Crippen molar-refractivity contribution in [2.75, 3.05) is 0 Å². The zero-order chi connectivity index (χ0) is 12.7. The smallest absolute Gasteiger partial charge is 0.259 e. The van der Waals surface area contributed by atoms with E-state index >= 15 is 0 Å². The lowest BCUT2D eigenvalue weighted by atomic mass is 10.1. The predicted molar refractivity (Wildman–Crippen MR) is 60.4 cm³/mol. The minimum absolute atomic E-state index is 0.0297. The summed E-state index contributed by atoms with van der Waals surface area (Å²) in [6.07, 6.45) is 2.91. The van der Waals surface area contributed by atoms with Crippen molar-refractivity contribution in [3.63, 3.8) is 0 Å². The largest absolute Gasteiger partial charge is 0.344 e. The number of carbonyl (C=O) groups is 2. The van der Waals surface area contributed by atoms with E-state index in [-0.39, 0.29) is 5.92 Å². The zero-order valence-corrected chi connectivity index (χ0v) is 10.4. The molecular weight excluding hydrogens is 244 g/mol. The van der Waals surface area contributed by atoms with E-state index in [9.17, 15) is 18.0 Å². The van der Waals surface area contributed by atoms with E-state index in [1.54, 1.807) is 0 Å². The van der Waals surface area contributed by atoms with Gasteiger partial charge in [-0.2, -0.15) is 0 Å². The van der Waals surface area contributed by atoms with E-state index in [2.05, 4.69) is 10.0 Å². The fourth-order valence-electron chi connectivity index (χ4n) is 2.13. The first-order valence-corrected chi connectivity index (χ1v) is 7.28. The monoisotopic (exact) mass is 260 g/mol. The Labute approximate surface area is 100 Å². The van der Waals surface area contributed by atoms with E-state index in [1.165, 1.54) is 0 Å². The fourth-order valence-corrected chi connectivity index (χ4v) is 3.49. The maximum atomic E-state index is 11.9. The maximum absolute atomic E-state index is 11.9. The van der Waals surface area contributed by atoms with Gasteiger partial charge in [0.15, 0.2) is 0 Å². The van der Waals surface area contributed by atoms with Crippen molar-refractivity contribution < 1.29 is 18.0 Å². The number of sulfonamides is 1. The molecule has 2 rings (SSSR count). The van der Waals surface area contributed by atoms with Gasteiger partial charge < -0.3 is 5.32 Å². The van der Waals surface area contributed by atoms with Crippen LogP contribution in [0.5, 0.6) is 0 Å². The molecule has 2 atom stereocenters. The van der Waals surface area contributed by atoms with Crippen LogP contribution < -0.4 is 10.0 Å². The minimum Gasteiger partial charge on any atom is -0.344 e. The lowest BCUT2D eigenvalue weighted by molar-refractivity contribution is -0.125. The highest BCUT2D eigenvalue weighted by molar-refractivity contribution is 7.90. The van der Waals surface area contributed by atoms with Crippen LogP contribution in [0.25, 0.3) is 0 Å². The first-order chi connectivity index (χ1) is 7.96. The molecule has 0 bridgehead atoms. The molecule has 17 heavy (non-hydrogen) atoms. The van der Waals surface area contributed by atoms with Crippen molar-refractivity contribution in [2.24, 2.45) is 5.92 Å². The second-order valence-corrected chi connectivity index (χ2v) is 6.68. The summed E-state index contributed by atoms with van der Waals surface area (Å²) in [5, 5.41) is 2.03. The molecule has 7 heteroatoms. The number of carbonyl (C=O) groups excluding carboxylic acids is 2. The summed E-state index contributed by atoms with van der Waals surface area (Å²) in [5.74, 6) is -0.564. The van der Waals surface area contributed by atoms with Crippen LogP contribution in [0.1, 0.15) is 32.6 Å². The SMILES string of the molecule is CC[C@H]1C[C@@]1(NC=O)C(=O)NS(=O)(=O)C1CC1. The van der Waals surface area contributed by atoms with Crippen LogP contribution in [-0.4, -0.2) is 31.5 Å². The highest BCUT2D eigenvalue weighted by Crippen LogP contribution is 2.46. The van der Waals surface area contributed by atoms with Crippen molar-refractivity contribution in [1.82, 2.24) is 10.0 Å². The number of rotatable bonds is 6. The molecule has 0 aliphatic heterocycles. The molecule has 0 aromatic rings. The molecule has 2 amide bonds. The normalized spacial score (nSPS) is 31.7. The molecule has 0 saturated heterocycles. The summed E-state index contributed by atoms with van der Waals surface area (Å²) in [5.41, 5.74) is -1.00. The molecule has 2 aliphatic carbocycles. The molecule has 2 aliphatic rings. The fraction of sp³-hybridized carbons (Fsp3) is 0.800. The first kappa shape index (κ1) is 12.3. The third kappa shape index (κ3) is 2.15. The van der Waals surface area contributed by atoms with Crippen molar-refractivity contribution in [3.8, 4) is 0 Å². The molecule has 0 aromatic carbocycles. The number of nitrogens with one attached hydrogen (secondary N) is 2. The van der Waals surface area contributed by atoms with Crippen molar-refractivity contribution >= 4 is 22.3 Å². The van der Waals surface area contributed by atoms with E-state index < -0.39 is 26.7 Å². The van der Waals surface area contributed by atoms with Gasteiger partial charge in [-0.3, -0.25) is 14.3 Å². The summed E-state index contributed by atoms with van der Waals surface area (Å²) in [6.45, 7) is 1.90. The maximum Gasteiger partial charge on any atom is 0.259 e. The Balaban J connectivity index is 2.06. The second-order valence-electron chi connectivity index (χ2n) is 4.72. The van der Waals surface area contributed by atoms with Gasteiger partial charge in [-0.25, -0.2) is 8.42 Å². The predicted octanol–water partition coefficient (Wildman–Crippen LogP) is -0.490. The Hall–Kier alpha value is -1.11. The molecule has 2 N–H and O–H groups in total. The topological polar surface area (TPSA) is 92.3 Å². The van der Waals surface area contributed by atoms with Crippen LogP contribution in [0.3, 0.4) is 0 Å². The Kier molecular flexibility index (Phi) is 2.89. The van der Waals surface area contributed by atoms with Crippen LogP contribution >= 0.6 is 0 Å². The van der Waals surface area contributed by atoms with Gasteiger partial charge in [-0.15, -0.1) is 0 Å². The Morgan fingerprint density at radius 1 is 1.47 bits per heavy atom. The summed E-state index contributed by atoms with van der Waals surface area (Å²) in [6, 6.07) is 0. The van der Waals surface area contributed by atoms with Gasteiger partial charge in [-0.05, 0) is 25.2 Å². The van der Waals surface area contributed by atoms with Gasteiger partial charge in [0.1, 0.15) is 5.54 Å². The molecule has 0 unspecified atom stereocenters. The van der Waals surface area contributed by atoms with Crippen LogP contribution in [0.4, 0.5) is 0 Å². The second kappa shape index (κ2) is 3.97. The summed E-state index contributed by atoms with van der Waals surface area (Å²) in [4.78, 5) is 22.4. The number of hydrogen-bond acceptors (Lipinski definition) is 4. The quantitative estimate of drug-likeness (QED) is 0.630. The van der Waals surface area contributed by atoms with Gasteiger partial charge in [-0.1, -0.05) is 13.3 Å². The van der Waals surface area contributed by atoms with Gasteiger partial charge in [0.2, 0.25) is 16.4 Å². The van der Waals surface area contributed by atoms with E-state index in [0.717, 1.165) is 6.42 Å². The first-order valence-electron chi connectivity index (χ1n) is 5.73. The zero-order valence-electron chi connectivity index (χ0n) is 9.60. The molecule has 0 heterocycles. The summed E-state index contributed by atoms with van der Waals surface area (Å²) in [7, 11) is -3.53. The van der Waals surface area contributed by atoms with Gasteiger partial charge in [0.25, 0.3) is 5.91 Å². The number of amides is 2. The third-order valence-electron chi connectivity index (χ3n) is 3.52. The Morgan fingerprint density at radius 3 is 2.53 bits per heavy atom. The molecule has 0 aromatic heterocycles. The molecule has 2 saturated carbocycles. The van der Waals surface area contributed by atoms with Gasteiger partial charge in [0.05, 0.1) is 5.25 Å². The molecule has 2 fully saturated rings. The molecular formula is C10H16N2O4S. The standard InChI is InChI=1S/C10H16N2O4S/c1-2-7-5-10(7,11-6-13)9(14)12-17(15,16)8-3-4-8/h6-8H,2-5H2,1H3,(H,11,13)(H,12,14)/t7-,10-/m0/s1. The van der Waals surface area contributed by atoms with E-state index in [1.807, 2.05) is 6.92 Å². The molecule has 0 radical (unpaired) electrons. The molecule has 0 spiro atoms. The summed E-state index contributed by atoms with van der Waals surface area (Å²) < 4.78 is 25.3. The van der Waals surface area contributed by atoms with Crippen LogP contribution in [0, 0.1) is 5.92 Å². The lowest BCUT2D eigenvalue weighted by Crippen LogP contribution is -2.50. The van der Waals surface area contributed by atoms with Crippen molar-refractivity contribution in [2.45, 2.75) is 43.4 Å². The van der Waals surface area contributed by atoms with Crippen molar-refractivity contribution in [3.05, 3.63) is 0 Å². The molecule has 96 valence electrons. The highest BCUT2D eigenvalue weighted by atomic mass is 32.2. The Bertz CT molecular complexity index is 443. The minimum atomic E-state index is -3.53. The lowest BCUT2D eigenvalue weighted by Gasteiger charge is -2.16. The van der Waals surface area contributed by atoms with Crippen LogP contribution in [0.15, 0.2) is 0 Å². The van der Waals surface area contributed by atoms with Crippen LogP contribution in [0.2, 0.25) is 0 Å². The van der Waals surface area contributed by atoms with Crippen LogP contribution in [-0.2, 0) is 19.6 Å². The average molecular weight is 260 g/mol. The summed E-state index contributed by atoms with van der Waals surface area (Å²) >= 11 is 0. The third-order valence-corrected chi connectivity index (χ3v) is 5.34. The van der Waals surface area contributed by atoms with Crippen molar-refractivity contribution in [1.29, 1.82) is 0 Å².